The number of hydrogen-bond acceptors (Lipinski definition) is 5. The first kappa shape index (κ1) is 21.2. The number of fused-ring (bicyclic) bond motifs is 5. The summed E-state index contributed by atoms with van der Waals surface area (Å²) in [5.41, 5.74) is 1.71. The molecule has 0 aromatic heterocycles. The van der Waals surface area contributed by atoms with Gasteiger partial charge >= 0.3 is 61.8 Å². The van der Waals surface area contributed by atoms with Crippen molar-refractivity contribution in [2.75, 3.05) is 0 Å². The van der Waals surface area contributed by atoms with Crippen LogP contribution in [0.1, 0.15) is 49.7 Å². The van der Waals surface area contributed by atoms with E-state index in [0.717, 1.165) is 30.4 Å². The van der Waals surface area contributed by atoms with E-state index in [4.69, 9.17) is 8.74 Å². The van der Waals surface area contributed by atoms with E-state index in [9.17, 15) is 18.6 Å². The van der Waals surface area contributed by atoms with E-state index in [1.54, 1.807) is 12.1 Å². The molecule has 0 aliphatic heterocycles. The van der Waals surface area contributed by atoms with Crippen LogP contribution in [0.5, 0.6) is 5.75 Å². The maximum absolute atomic E-state index is 11.6. The first-order chi connectivity index (χ1) is 11.7. The Kier molecular flexibility index (Phi) is 6.02. The molecule has 0 amide bonds. The zero-order valence-electron chi connectivity index (χ0n) is 15.1. The van der Waals surface area contributed by atoms with Gasteiger partial charge in [0.15, 0.2) is 0 Å². The molecule has 6 nitrogen and oxygen atoms in total. The van der Waals surface area contributed by atoms with Crippen LogP contribution in [0.2, 0.25) is 0 Å². The SMILES string of the molecule is C[C@]12CC[C@@H]3c4ccc([O-])cc4C[C@H](O)[C@H]3[C@@H]1CC[C@@H]2OS(=O)(=O)O.[K+]. The van der Waals surface area contributed by atoms with E-state index in [-0.39, 0.29) is 80.3 Å². The van der Waals surface area contributed by atoms with Crippen molar-refractivity contribution in [2.45, 2.75) is 57.2 Å². The van der Waals surface area contributed by atoms with Gasteiger partial charge in [0.25, 0.3) is 0 Å². The molecule has 0 spiro atoms. The van der Waals surface area contributed by atoms with Crippen LogP contribution < -0.4 is 56.5 Å². The van der Waals surface area contributed by atoms with Gasteiger partial charge in [-0.15, -0.1) is 5.75 Å². The number of aliphatic hydroxyl groups is 1. The summed E-state index contributed by atoms with van der Waals surface area (Å²) in [6.07, 6.45) is 2.27. The van der Waals surface area contributed by atoms with Gasteiger partial charge in [-0.3, -0.25) is 4.55 Å². The van der Waals surface area contributed by atoms with Crippen LogP contribution in [0, 0.1) is 17.3 Å². The topological polar surface area (TPSA) is 107 Å². The molecule has 2 saturated carbocycles. The van der Waals surface area contributed by atoms with E-state index in [1.165, 1.54) is 0 Å². The summed E-state index contributed by atoms with van der Waals surface area (Å²) in [4.78, 5) is 0. The van der Waals surface area contributed by atoms with Crippen LogP contribution in [-0.2, 0) is 21.0 Å². The largest absolute Gasteiger partial charge is 1.00 e. The van der Waals surface area contributed by atoms with Crippen molar-refractivity contribution in [3.63, 3.8) is 0 Å². The van der Waals surface area contributed by atoms with Gasteiger partial charge < -0.3 is 10.2 Å². The van der Waals surface area contributed by atoms with Gasteiger partial charge in [0.1, 0.15) is 0 Å². The van der Waals surface area contributed by atoms with Gasteiger partial charge in [0, 0.05) is 0 Å². The van der Waals surface area contributed by atoms with E-state index in [2.05, 4.69) is 0 Å². The second-order valence-electron chi connectivity index (χ2n) is 8.06. The van der Waals surface area contributed by atoms with Crippen LogP contribution in [0.3, 0.4) is 0 Å². The molecule has 4 rings (SSSR count). The predicted octanol–water partition coefficient (Wildman–Crippen LogP) is -1.22. The molecular weight excluding hydrogens is 383 g/mol. The summed E-state index contributed by atoms with van der Waals surface area (Å²) in [6, 6.07) is 5.10. The maximum atomic E-state index is 11.6. The molecule has 2 N–H and O–H groups in total. The van der Waals surface area contributed by atoms with Crippen LogP contribution >= 0.6 is 0 Å². The van der Waals surface area contributed by atoms with Crippen molar-refractivity contribution in [1.29, 1.82) is 0 Å². The standard InChI is InChI=1S/C18H24O6S.K/c1-18-7-6-13-12-3-2-11(19)8-10(12)9-15(20)17(13)14(18)4-5-16(18)24-25(21,22)23;/h2-3,8,13-17,19-20H,4-7,9H2,1H3,(H,21,22,23);/q;+1/p-1/t13-,14+,15+,16+,17-,18+;/m1./s1. The molecule has 0 bridgehead atoms. The molecule has 0 saturated heterocycles. The Bertz CT molecular complexity index is 797. The molecule has 26 heavy (non-hydrogen) atoms. The second-order valence-corrected chi connectivity index (χ2v) is 9.10. The summed E-state index contributed by atoms with van der Waals surface area (Å²) < 4.78 is 36.5. The first-order valence-electron chi connectivity index (χ1n) is 8.82. The Morgan fingerprint density at radius 1 is 1.27 bits per heavy atom. The van der Waals surface area contributed by atoms with Gasteiger partial charge in [-0.1, -0.05) is 25.1 Å². The average Bonchev–Trinajstić information content (AvgIpc) is 2.82. The minimum Gasteiger partial charge on any atom is -0.872 e. The summed E-state index contributed by atoms with van der Waals surface area (Å²) in [7, 11) is -4.49. The van der Waals surface area contributed by atoms with Gasteiger partial charge in [-0.05, 0) is 66.4 Å². The first-order valence-corrected chi connectivity index (χ1v) is 10.2. The monoisotopic (exact) mass is 406 g/mol. The fraction of sp³-hybridized carbons (Fsp3) is 0.667. The summed E-state index contributed by atoms with van der Waals surface area (Å²) in [5, 5.41) is 22.5. The molecule has 3 aliphatic rings. The van der Waals surface area contributed by atoms with Crippen molar-refractivity contribution in [2.24, 2.45) is 17.3 Å². The average molecular weight is 407 g/mol. The van der Waals surface area contributed by atoms with Crippen LogP contribution in [0.15, 0.2) is 18.2 Å². The van der Waals surface area contributed by atoms with Crippen LogP contribution in [0.25, 0.3) is 0 Å². The zero-order chi connectivity index (χ0) is 18.0. The third kappa shape index (κ3) is 3.57. The van der Waals surface area contributed by atoms with Gasteiger partial charge in [0.2, 0.25) is 0 Å². The van der Waals surface area contributed by atoms with Gasteiger partial charge in [0.05, 0.1) is 12.2 Å². The fourth-order valence-electron chi connectivity index (χ4n) is 5.83. The Balaban J connectivity index is 0.00000196. The normalized spacial score (nSPS) is 38.7. The van der Waals surface area contributed by atoms with Crippen molar-refractivity contribution < 1.29 is 78.8 Å². The number of rotatable bonds is 2. The zero-order valence-corrected chi connectivity index (χ0v) is 19.0. The van der Waals surface area contributed by atoms with E-state index < -0.39 is 22.6 Å². The number of benzene rings is 1. The maximum Gasteiger partial charge on any atom is 1.00 e. The molecule has 0 unspecified atom stereocenters. The van der Waals surface area contributed by atoms with Crippen LogP contribution in [0.4, 0.5) is 0 Å². The van der Waals surface area contributed by atoms with Crippen molar-refractivity contribution in [3.8, 4) is 5.75 Å². The number of hydrogen-bond donors (Lipinski definition) is 2. The molecule has 1 aromatic rings. The van der Waals surface area contributed by atoms with Crippen LogP contribution in [-0.4, -0.2) is 30.3 Å². The fourth-order valence-corrected chi connectivity index (χ4v) is 6.44. The molecule has 3 aliphatic carbocycles. The van der Waals surface area contributed by atoms with Crippen molar-refractivity contribution >= 4 is 10.4 Å². The molecule has 1 aromatic carbocycles. The van der Waals surface area contributed by atoms with E-state index >= 15 is 0 Å². The molecule has 2 fully saturated rings. The second kappa shape index (κ2) is 7.39. The van der Waals surface area contributed by atoms with Gasteiger partial charge in [-0.2, -0.15) is 8.42 Å². The summed E-state index contributed by atoms with van der Waals surface area (Å²) >= 11 is 0. The van der Waals surface area contributed by atoms with Crippen molar-refractivity contribution in [3.05, 3.63) is 29.3 Å². The third-order valence-electron chi connectivity index (χ3n) is 6.87. The minimum atomic E-state index is -4.49. The smallest absolute Gasteiger partial charge is 0.872 e. The molecule has 6 atom stereocenters. The molecule has 0 radical (unpaired) electrons. The molecule has 0 heterocycles. The molecule has 138 valence electrons. The Hall–Kier alpha value is 0.486. The minimum absolute atomic E-state index is 0. The summed E-state index contributed by atoms with van der Waals surface area (Å²) in [6.45, 7) is 2.01. The van der Waals surface area contributed by atoms with Crippen molar-refractivity contribution in [1.82, 2.24) is 0 Å². The van der Waals surface area contributed by atoms with Gasteiger partial charge in [-0.25, -0.2) is 4.18 Å². The quantitative estimate of drug-likeness (QED) is 0.471. The third-order valence-corrected chi connectivity index (χ3v) is 7.35. The van der Waals surface area contributed by atoms with E-state index in [1.807, 2.05) is 13.0 Å². The molecule has 8 heteroatoms. The van der Waals surface area contributed by atoms with E-state index in [0.29, 0.717) is 12.8 Å². The molecular formula is C18H23KO6S. The number of aliphatic hydroxyl groups excluding tert-OH is 1. The Morgan fingerprint density at radius 2 is 2.00 bits per heavy atom. The summed E-state index contributed by atoms with van der Waals surface area (Å²) in [5.74, 6) is 0.307. The Labute approximate surface area is 196 Å². The predicted molar refractivity (Wildman–Crippen MR) is 88.3 cm³/mol. The Morgan fingerprint density at radius 3 is 2.69 bits per heavy atom.